The van der Waals surface area contributed by atoms with Gasteiger partial charge < -0.3 is 4.42 Å². The number of hydrogen-bond acceptors (Lipinski definition) is 4. The van der Waals surface area contributed by atoms with E-state index in [2.05, 4.69) is 9.97 Å². The minimum absolute atomic E-state index is 0.321. The molecule has 0 bridgehead atoms. The maximum Gasteiger partial charge on any atom is 0.398 e. The molecule has 0 aromatic carbocycles. The average Bonchev–Trinajstić information content (AvgIpc) is 2.78. The summed E-state index contributed by atoms with van der Waals surface area (Å²) in [4.78, 5) is 9.21. The van der Waals surface area contributed by atoms with Crippen molar-refractivity contribution in [3.63, 3.8) is 0 Å². The fourth-order valence-corrected chi connectivity index (χ4v) is 2.63. The Morgan fingerprint density at radius 1 is 1.23 bits per heavy atom. The monoisotopic (exact) mass is 324 g/mol. The summed E-state index contributed by atoms with van der Waals surface area (Å²) in [5, 5.41) is 0. The molecule has 2 aromatic heterocycles. The van der Waals surface area contributed by atoms with Gasteiger partial charge in [-0.15, -0.1) is 11.8 Å². The van der Waals surface area contributed by atoms with Crippen LogP contribution in [-0.2, 0) is 0 Å². The van der Waals surface area contributed by atoms with Crippen LogP contribution >= 0.6 is 11.8 Å². The zero-order valence-corrected chi connectivity index (χ0v) is 12.3. The van der Waals surface area contributed by atoms with E-state index in [-0.39, 0.29) is 0 Å². The van der Waals surface area contributed by atoms with Crippen molar-refractivity contribution in [2.75, 3.05) is 6.26 Å². The minimum Gasteiger partial charge on any atom is -0.436 e. The van der Waals surface area contributed by atoms with Crippen LogP contribution in [0.4, 0.5) is 13.2 Å². The predicted octanol–water partition coefficient (Wildman–Crippen LogP) is 4.68. The van der Waals surface area contributed by atoms with Crippen molar-refractivity contribution in [2.24, 2.45) is 5.92 Å². The summed E-state index contributed by atoms with van der Waals surface area (Å²) in [7, 11) is 0. The third kappa shape index (κ3) is 2.81. The molecule has 0 radical (unpaired) electrons. The standard InChI is InChI=1S/C15H11F3N2OS/c1-22-13-8-19-7-6-10(13)14-20-11-4-2-9(15(16,17)18)3-5-12(11)21-14/h2-9H,1H3. The molecule has 114 valence electrons. The highest BCUT2D eigenvalue weighted by atomic mass is 32.2. The van der Waals surface area contributed by atoms with Crippen LogP contribution < -0.4 is 0 Å². The summed E-state index contributed by atoms with van der Waals surface area (Å²) in [6.45, 7) is 0. The molecule has 0 saturated heterocycles. The van der Waals surface area contributed by atoms with Crippen LogP contribution in [0.3, 0.4) is 0 Å². The van der Waals surface area contributed by atoms with Gasteiger partial charge in [-0.2, -0.15) is 13.2 Å². The van der Waals surface area contributed by atoms with E-state index >= 15 is 0 Å². The molecule has 3 rings (SSSR count). The van der Waals surface area contributed by atoms with Crippen LogP contribution in [0.1, 0.15) is 11.5 Å². The van der Waals surface area contributed by atoms with E-state index in [4.69, 9.17) is 4.42 Å². The summed E-state index contributed by atoms with van der Waals surface area (Å²) in [6.07, 6.45) is 5.73. The Kier molecular flexibility index (Phi) is 3.82. The van der Waals surface area contributed by atoms with E-state index in [1.54, 1.807) is 18.5 Å². The second kappa shape index (κ2) is 5.64. The molecule has 3 nitrogen and oxygen atoms in total. The predicted molar refractivity (Wildman–Crippen MR) is 79.1 cm³/mol. The Bertz CT molecular complexity index is 718. The lowest BCUT2D eigenvalue weighted by Gasteiger charge is -2.11. The molecule has 0 spiro atoms. The third-order valence-corrected chi connectivity index (χ3v) is 3.98. The summed E-state index contributed by atoms with van der Waals surface area (Å²) < 4.78 is 43.8. The number of nitrogens with zero attached hydrogens (tertiary/aromatic N) is 2. The Labute approximate surface area is 129 Å². The number of alkyl halides is 3. The van der Waals surface area contributed by atoms with Crippen LogP contribution in [0.25, 0.3) is 23.6 Å². The number of thioether (sulfide) groups is 1. The number of hydrogen-bond donors (Lipinski definition) is 0. The number of aromatic nitrogens is 2. The van der Waals surface area contributed by atoms with Crippen LogP contribution in [0.2, 0.25) is 0 Å². The highest BCUT2D eigenvalue weighted by molar-refractivity contribution is 7.98. The lowest BCUT2D eigenvalue weighted by molar-refractivity contribution is -0.148. The molecule has 1 atom stereocenters. The SMILES string of the molecule is CSc1cnccc1-c1nc2c(o1)C=CC(C(F)(F)F)C=C2. The Morgan fingerprint density at radius 2 is 2.00 bits per heavy atom. The van der Waals surface area contributed by atoms with Crippen molar-refractivity contribution < 1.29 is 17.6 Å². The lowest BCUT2D eigenvalue weighted by Crippen LogP contribution is -2.18. The molecule has 2 aromatic rings. The van der Waals surface area contributed by atoms with Crippen molar-refractivity contribution in [3.8, 4) is 11.5 Å². The first kappa shape index (κ1) is 14.9. The van der Waals surface area contributed by atoms with Gasteiger partial charge in [0.25, 0.3) is 0 Å². The zero-order chi connectivity index (χ0) is 15.7. The Balaban J connectivity index is 1.98. The molecule has 0 aliphatic heterocycles. The van der Waals surface area contributed by atoms with Gasteiger partial charge in [-0.1, -0.05) is 12.2 Å². The van der Waals surface area contributed by atoms with Gasteiger partial charge in [-0.05, 0) is 24.5 Å². The fraction of sp³-hybridized carbons (Fsp3) is 0.200. The molecule has 1 unspecified atom stereocenters. The van der Waals surface area contributed by atoms with Gasteiger partial charge in [0.15, 0.2) is 5.76 Å². The second-order valence-corrected chi connectivity index (χ2v) is 5.48. The molecule has 1 aliphatic rings. The number of oxazole rings is 1. The number of pyridine rings is 1. The highest BCUT2D eigenvalue weighted by Crippen LogP contribution is 2.35. The van der Waals surface area contributed by atoms with Crippen molar-refractivity contribution in [3.05, 3.63) is 42.1 Å². The first-order valence-corrected chi connectivity index (χ1v) is 7.64. The maximum atomic E-state index is 12.7. The third-order valence-electron chi connectivity index (χ3n) is 3.21. The van der Waals surface area contributed by atoms with Gasteiger partial charge in [0, 0.05) is 17.3 Å². The van der Waals surface area contributed by atoms with E-state index in [9.17, 15) is 13.2 Å². The average molecular weight is 324 g/mol. The largest absolute Gasteiger partial charge is 0.436 e. The first-order chi connectivity index (χ1) is 10.5. The van der Waals surface area contributed by atoms with Gasteiger partial charge in [0.05, 0.1) is 11.5 Å². The molecular formula is C15H11F3N2OS. The Hall–Kier alpha value is -2.02. The van der Waals surface area contributed by atoms with E-state index in [1.165, 1.54) is 23.9 Å². The van der Waals surface area contributed by atoms with Crippen LogP contribution in [-0.4, -0.2) is 22.4 Å². The second-order valence-electron chi connectivity index (χ2n) is 4.63. The van der Waals surface area contributed by atoms with Gasteiger partial charge in [0.2, 0.25) is 5.89 Å². The lowest BCUT2D eigenvalue weighted by atomic mass is 10.1. The number of halogens is 3. The van der Waals surface area contributed by atoms with Crippen molar-refractivity contribution in [1.29, 1.82) is 0 Å². The minimum atomic E-state index is -4.31. The molecule has 0 amide bonds. The Morgan fingerprint density at radius 3 is 2.73 bits per heavy atom. The highest BCUT2D eigenvalue weighted by Gasteiger charge is 2.36. The van der Waals surface area contributed by atoms with Crippen LogP contribution in [0, 0.1) is 5.92 Å². The van der Waals surface area contributed by atoms with Gasteiger partial charge in [-0.3, -0.25) is 4.98 Å². The molecule has 22 heavy (non-hydrogen) atoms. The zero-order valence-electron chi connectivity index (χ0n) is 11.5. The van der Waals surface area contributed by atoms with E-state index in [0.717, 1.165) is 22.6 Å². The number of fused-ring (bicyclic) bond motifs is 1. The number of allylic oxidation sites excluding steroid dienone is 2. The van der Waals surface area contributed by atoms with Crippen molar-refractivity contribution in [1.82, 2.24) is 9.97 Å². The van der Waals surface area contributed by atoms with Crippen molar-refractivity contribution in [2.45, 2.75) is 11.1 Å². The van der Waals surface area contributed by atoms with Crippen molar-refractivity contribution >= 4 is 23.9 Å². The van der Waals surface area contributed by atoms with E-state index in [0.29, 0.717) is 17.3 Å². The molecular weight excluding hydrogens is 313 g/mol. The topological polar surface area (TPSA) is 38.9 Å². The first-order valence-electron chi connectivity index (χ1n) is 6.41. The summed E-state index contributed by atoms with van der Waals surface area (Å²) in [6, 6.07) is 1.77. The maximum absolute atomic E-state index is 12.7. The molecule has 1 aliphatic carbocycles. The molecule has 7 heteroatoms. The smallest absolute Gasteiger partial charge is 0.398 e. The normalized spacial score (nSPS) is 17.4. The van der Waals surface area contributed by atoms with E-state index in [1.807, 2.05) is 6.26 Å². The molecule has 0 N–H and O–H groups in total. The quantitative estimate of drug-likeness (QED) is 0.752. The summed E-state index contributed by atoms with van der Waals surface area (Å²) in [5.41, 5.74) is 1.16. The number of rotatable bonds is 2. The molecule has 0 fully saturated rings. The molecule has 0 saturated carbocycles. The molecule has 2 heterocycles. The van der Waals surface area contributed by atoms with Crippen LogP contribution in [0.5, 0.6) is 0 Å². The van der Waals surface area contributed by atoms with Gasteiger partial charge >= 0.3 is 6.18 Å². The van der Waals surface area contributed by atoms with Gasteiger partial charge in [0.1, 0.15) is 5.69 Å². The summed E-state index contributed by atoms with van der Waals surface area (Å²) >= 11 is 1.50. The summed E-state index contributed by atoms with van der Waals surface area (Å²) in [5.74, 6) is -0.929. The van der Waals surface area contributed by atoms with Crippen LogP contribution in [0.15, 0.2) is 39.9 Å². The fourth-order valence-electron chi connectivity index (χ4n) is 2.09. The van der Waals surface area contributed by atoms with Gasteiger partial charge in [-0.25, -0.2) is 4.98 Å². The van der Waals surface area contributed by atoms with E-state index < -0.39 is 12.1 Å².